The average molecular weight is 554 g/mol. The number of fused-ring (bicyclic) bond motifs is 1. The van der Waals surface area contributed by atoms with Gasteiger partial charge in [-0.2, -0.15) is 17.0 Å². The van der Waals surface area contributed by atoms with Crippen molar-refractivity contribution in [1.82, 2.24) is 18.5 Å². The molecule has 0 amide bonds. The summed E-state index contributed by atoms with van der Waals surface area (Å²) in [7, 11) is -3.51. The number of piperidine rings is 1. The van der Waals surface area contributed by atoms with E-state index in [2.05, 4.69) is 4.98 Å². The molecule has 1 N–H and O–H groups in total. The predicted octanol–water partition coefficient (Wildman–Crippen LogP) is 1.81. The van der Waals surface area contributed by atoms with E-state index >= 15 is 0 Å². The van der Waals surface area contributed by atoms with E-state index in [0.29, 0.717) is 87.5 Å². The van der Waals surface area contributed by atoms with Crippen LogP contribution in [0.4, 0.5) is 14.5 Å². The quantitative estimate of drug-likeness (QED) is 0.599. The van der Waals surface area contributed by atoms with Crippen LogP contribution in [0.3, 0.4) is 0 Å². The smallest absolute Gasteiger partial charge is 0.282 e. The van der Waals surface area contributed by atoms with Gasteiger partial charge in [0.05, 0.1) is 24.4 Å². The fraction of sp³-hybridized carbons (Fsp3) is 0.640. The van der Waals surface area contributed by atoms with E-state index in [0.717, 1.165) is 25.0 Å². The number of rotatable bonds is 5. The van der Waals surface area contributed by atoms with Crippen LogP contribution in [0.5, 0.6) is 0 Å². The second-order valence-electron chi connectivity index (χ2n) is 10.4. The first kappa shape index (κ1) is 26.2. The maximum absolute atomic E-state index is 14.4. The Bertz CT molecular complexity index is 1280. The Hall–Kier alpha value is -2.00. The van der Waals surface area contributed by atoms with Gasteiger partial charge >= 0.3 is 0 Å². The standard InChI is InChI=1S/C25H33F2N5O5S/c26-20-15-18-22(16-21(20)27)28-17-19(23(18)29-7-3-25(4-8-29)36-13-14-37-25)24(33)30-9-11-32(12-10-30)38(34,35)31-5-1-2-6-31/h15-17,24,33H,1-14H2. The second-order valence-corrected chi connectivity index (χ2v) is 12.3. The number of aliphatic hydroxyl groups excluding tert-OH is 1. The van der Waals surface area contributed by atoms with Crippen LogP contribution >= 0.6 is 0 Å². The van der Waals surface area contributed by atoms with Crippen molar-refractivity contribution in [2.45, 2.75) is 37.7 Å². The Balaban J connectivity index is 1.27. The zero-order valence-electron chi connectivity index (χ0n) is 21.2. The van der Waals surface area contributed by atoms with Crippen molar-refractivity contribution in [2.24, 2.45) is 0 Å². The highest BCUT2D eigenvalue weighted by Crippen LogP contribution is 2.40. The van der Waals surface area contributed by atoms with Crippen LogP contribution < -0.4 is 4.90 Å². The molecule has 4 aliphatic rings. The molecular weight excluding hydrogens is 520 g/mol. The van der Waals surface area contributed by atoms with Gasteiger partial charge in [-0.3, -0.25) is 9.88 Å². The van der Waals surface area contributed by atoms with E-state index < -0.39 is 33.9 Å². The second kappa shape index (κ2) is 10.2. The topological polar surface area (TPSA) is 98.7 Å². The molecular formula is C25H33F2N5O5S. The predicted molar refractivity (Wildman–Crippen MR) is 136 cm³/mol. The average Bonchev–Trinajstić information content (AvgIpc) is 3.63. The SMILES string of the molecule is O=S(=O)(N1CCCC1)N1CCN(C(O)c2cnc3cc(F)c(F)cc3c2N2CCC3(CC2)OCCO3)CC1. The third-order valence-electron chi connectivity index (χ3n) is 8.18. The fourth-order valence-corrected chi connectivity index (χ4v) is 7.72. The van der Waals surface area contributed by atoms with Crippen molar-refractivity contribution in [2.75, 3.05) is 70.5 Å². The highest BCUT2D eigenvalue weighted by molar-refractivity contribution is 7.86. The Kier molecular flexibility index (Phi) is 7.04. The Morgan fingerprint density at radius 1 is 0.895 bits per heavy atom. The van der Waals surface area contributed by atoms with Crippen molar-refractivity contribution < 1.29 is 31.8 Å². The van der Waals surface area contributed by atoms with Gasteiger partial charge in [0.1, 0.15) is 6.23 Å². The number of halogens is 2. The number of anilines is 1. The molecule has 208 valence electrons. The van der Waals surface area contributed by atoms with Gasteiger partial charge in [0, 0.05) is 88.4 Å². The minimum absolute atomic E-state index is 0.257. The van der Waals surface area contributed by atoms with Gasteiger partial charge in [-0.1, -0.05) is 0 Å². The van der Waals surface area contributed by atoms with Gasteiger partial charge < -0.3 is 19.5 Å². The summed E-state index contributed by atoms with van der Waals surface area (Å²) in [5, 5.41) is 11.9. The fourth-order valence-electron chi connectivity index (χ4n) is 6.04. The summed E-state index contributed by atoms with van der Waals surface area (Å²) < 4.78 is 69.1. The van der Waals surface area contributed by atoms with Crippen LogP contribution in [0.2, 0.25) is 0 Å². The molecule has 1 atom stereocenters. The largest absolute Gasteiger partial charge is 0.374 e. The third-order valence-corrected chi connectivity index (χ3v) is 10.2. The number of piperazine rings is 1. The lowest BCUT2D eigenvalue weighted by Gasteiger charge is -2.41. The van der Waals surface area contributed by atoms with E-state index in [4.69, 9.17) is 9.47 Å². The number of hydrogen-bond acceptors (Lipinski definition) is 8. The molecule has 1 unspecified atom stereocenters. The number of aromatic nitrogens is 1. The maximum atomic E-state index is 14.4. The molecule has 5 heterocycles. The van der Waals surface area contributed by atoms with Crippen molar-refractivity contribution in [3.63, 3.8) is 0 Å². The van der Waals surface area contributed by atoms with Gasteiger partial charge in [0.25, 0.3) is 10.2 Å². The summed E-state index contributed by atoms with van der Waals surface area (Å²) in [5.41, 5.74) is 1.37. The van der Waals surface area contributed by atoms with Crippen LogP contribution in [-0.2, 0) is 19.7 Å². The molecule has 1 aromatic heterocycles. The number of pyridine rings is 1. The van der Waals surface area contributed by atoms with Gasteiger partial charge in [-0.25, -0.2) is 8.78 Å². The first-order valence-electron chi connectivity index (χ1n) is 13.3. The van der Waals surface area contributed by atoms with E-state index in [-0.39, 0.29) is 13.1 Å². The first-order chi connectivity index (χ1) is 18.3. The number of nitrogens with zero attached hydrogens (tertiary/aromatic N) is 5. The molecule has 4 saturated heterocycles. The molecule has 1 spiro atoms. The summed E-state index contributed by atoms with van der Waals surface area (Å²) in [6.07, 6.45) is 3.36. The number of hydrogen-bond donors (Lipinski definition) is 1. The van der Waals surface area contributed by atoms with Crippen molar-refractivity contribution in [3.8, 4) is 0 Å². The first-order valence-corrected chi connectivity index (χ1v) is 14.6. The van der Waals surface area contributed by atoms with Gasteiger partial charge in [-0.15, -0.1) is 0 Å². The minimum atomic E-state index is -3.51. The minimum Gasteiger partial charge on any atom is -0.374 e. The molecule has 4 fully saturated rings. The molecule has 1 aromatic carbocycles. The molecule has 0 radical (unpaired) electrons. The number of ether oxygens (including phenoxy) is 2. The highest BCUT2D eigenvalue weighted by Gasteiger charge is 2.41. The van der Waals surface area contributed by atoms with Crippen LogP contribution in [0.1, 0.15) is 37.5 Å². The van der Waals surface area contributed by atoms with E-state index in [1.165, 1.54) is 14.8 Å². The molecule has 13 heteroatoms. The molecule has 4 aliphatic heterocycles. The molecule has 0 saturated carbocycles. The molecule has 2 aromatic rings. The third kappa shape index (κ3) is 4.67. The lowest BCUT2D eigenvalue weighted by Crippen LogP contribution is -2.53. The summed E-state index contributed by atoms with van der Waals surface area (Å²) >= 11 is 0. The molecule has 0 aliphatic carbocycles. The zero-order valence-corrected chi connectivity index (χ0v) is 22.0. The van der Waals surface area contributed by atoms with Crippen LogP contribution in [0, 0.1) is 11.6 Å². The van der Waals surface area contributed by atoms with Crippen molar-refractivity contribution in [3.05, 3.63) is 35.5 Å². The Labute approximate surface area is 220 Å². The zero-order chi connectivity index (χ0) is 26.5. The van der Waals surface area contributed by atoms with Crippen LogP contribution in [-0.4, -0.2) is 103 Å². The lowest BCUT2D eigenvalue weighted by molar-refractivity contribution is -0.169. The molecule has 0 bridgehead atoms. The highest BCUT2D eigenvalue weighted by atomic mass is 32.2. The summed E-state index contributed by atoms with van der Waals surface area (Å²) in [4.78, 5) is 8.20. The maximum Gasteiger partial charge on any atom is 0.282 e. The van der Waals surface area contributed by atoms with Gasteiger partial charge in [0.2, 0.25) is 0 Å². The van der Waals surface area contributed by atoms with Crippen molar-refractivity contribution in [1.29, 1.82) is 0 Å². The lowest BCUT2D eigenvalue weighted by atomic mass is 9.99. The van der Waals surface area contributed by atoms with Crippen LogP contribution in [0.25, 0.3) is 10.9 Å². The summed E-state index contributed by atoms with van der Waals surface area (Å²) in [5.74, 6) is -2.58. The Morgan fingerprint density at radius 2 is 1.50 bits per heavy atom. The molecule has 6 rings (SSSR count). The monoisotopic (exact) mass is 553 g/mol. The van der Waals surface area contributed by atoms with Crippen LogP contribution in [0.15, 0.2) is 18.3 Å². The number of benzene rings is 1. The van der Waals surface area contributed by atoms with E-state index in [1.54, 1.807) is 4.90 Å². The summed E-state index contributed by atoms with van der Waals surface area (Å²) in [6, 6.07) is 2.21. The van der Waals surface area contributed by atoms with Crippen molar-refractivity contribution >= 4 is 26.8 Å². The van der Waals surface area contributed by atoms with Gasteiger partial charge in [-0.05, 0) is 18.9 Å². The Morgan fingerprint density at radius 3 is 2.16 bits per heavy atom. The number of aliphatic hydroxyl groups is 1. The molecule has 38 heavy (non-hydrogen) atoms. The van der Waals surface area contributed by atoms with Gasteiger partial charge in [0.15, 0.2) is 17.4 Å². The summed E-state index contributed by atoms with van der Waals surface area (Å²) in [6.45, 7) is 4.43. The van der Waals surface area contributed by atoms with E-state index in [1.807, 2.05) is 4.90 Å². The normalized spacial score (nSPS) is 24.6. The molecule has 10 nitrogen and oxygen atoms in total. The van der Waals surface area contributed by atoms with E-state index in [9.17, 15) is 22.3 Å².